The van der Waals surface area contributed by atoms with Gasteiger partial charge in [0.2, 0.25) is 0 Å². The largest absolute Gasteiger partial charge is 0.360 e. The van der Waals surface area contributed by atoms with Crippen LogP contribution >= 0.6 is 23.1 Å². The van der Waals surface area contributed by atoms with Crippen LogP contribution in [-0.4, -0.2) is 30.8 Å². The standard InChI is InChI=1S/C19H18N4OS2/c1-12(18(24)15-11-20-16-8-4-3-7-14(15)16)26-19-22-21-17(23(19)2)10-13-6-5-9-25-13/h3-9,11-12,20H,10H2,1-2H3/t12-/m1/s1. The number of carbonyl (C=O) groups excluding carboxylic acids is 1. The Hall–Kier alpha value is -2.38. The second-order valence-electron chi connectivity index (χ2n) is 6.09. The summed E-state index contributed by atoms with van der Waals surface area (Å²) in [6.07, 6.45) is 2.55. The number of nitrogens with one attached hydrogen (secondary N) is 1. The zero-order valence-corrected chi connectivity index (χ0v) is 16.1. The van der Waals surface area contributed by atoms with Gasteiger partial charge in [-0.3, -0.25) is 4.79 Å². The third-order valence-electron chi connectivity index (χ3n) is 4.34. The van der Waals surface area contributed by atoms with Gasteiger partial charge in [0.15, 0.2) is 10.9 Å². The maximum absolute atomic E-state index is 12.9. The Morgan fingerprint density at radius 2 is 2.12 bits per heavy atom. The Balaban J connectivity index is 1.52. The van der Waals surface area contributed by atoms with Crippen LogP contribution in [0.15, 0.2) is 53.1 Å². The van der Waals surface area contributed by atoms with Gasteiger partial charge in [0.1, 0.15) is 5.82 Å². The Kier molecular flexibility index (Phi) is 4.65. The molecule has 0 amide bonds. The van der Waals surface area contributed by atoms with Crippen LogP contribution in [0.3, 0.4) is 0 Å². The van der Waals surface area contributed by atoms with Gasteiger partial charge in [-0.1, -0.05) is 36.0 Å². The summed E-state index contributed by atoms with van der Waals surface area (Å²) in [5.41, 5.74) is 1.70. The number of benzene rings is 1. The van der Waals surface area contributed by atoms with Crippen LogP contribution in [0.25, 0.3) is 10.9 Å². The van der Waals surface area contributed by atoms with E-state index in [1.807, 2.05) is 48.9 Å². The van der Waals surface area contributed by atoms with E-state index in [0.717, 1.165) is 33.9 Å². The van der Waals surface area contributed by atoms with Crippen LogP contribution in [-0.2, 0) is 13.5 Å². The van der Waals surface area contributed by atoms with Crippen LogP contribution in [0, 0.1) is 0 Å². The second kappa shape index (κ2) is 7.09. The van der Waals surface area contributed by atoms with Crippen molar-refractivity contribution in [2.75, 3.05) is 0 Å². The van der Waals surface area contributed by atoms with Gasteiger partial charge >= 0.3 is 0 Å². The van der Waals surface area contributed by atoms with E-state index in [9.17, 15) is 4.79 Å². The van der Waals surface area contributed by atoms with Crippen LogP contribution in [0.4, 0.5) is 0 Å². The predicted octanol–water partition coefficient (Wildman–Crippen LogP) is 4.31. The van der Waals surface area contributed by atoms with E-state index in [2.05, 4.69) is 26.6 Å². The van der Waals surface area contributed by atoms with Crippen molar-refractivity contribution in [3.8, 4) is 0 Å². The molecule has 1 aromatic carbocycles. The Morgan fingerprint density at radius 1 is 1.27 bits per heavy atom. The number of hydrogen-bond donors (Lipinski definition) is 1. The maximum atomic E-state index is 12.9. The highest BCUT2D eigenvalue weighted by molar-refractivity contribution is 8.00. The quantitative estimate of drug-likeness (QED) is 0.399. The highest BCUT2D eigenvalue weighted by Crippen LogP contribution is 2.27. The van der Waals surface area contributed by atoms with E-state index in [0.29, 0.717) is 0 Å². The van der Waals surface area contributed by atoms with E-state index < -0.39 is 0 Å². The van der Waals surface area contributed by atoms with Crippen molar-refractivity contribution in [2.45, 2.75) is 23.8 Å². The first-order valence-corrected chi connectivity index (χ1v) is 10.1. The lowest BCUT2D eigenvalue weighted by molar-refractivity contribution is 0.0995. The van der Waals surface area contributed by atoms with E-state index in [4.69, 9.17) is 0 Å². The number of nitrogens with zero attached hydrogens (tertiary/aromatic N) is 3. The number of ketones is 1. The fourth-order valence-corrected chi connectivity index (χ4v) is 4.48. The van der Waals surface area contributed by atoms with Crippen molar-refractivity contribution >= 4 is 39.8 Å². The van der Waals surface area contributed by atoms with Crippen molar-refractivity contribution < 1.29 is 4.79 Å². The smallest absolute Gasteiger partial charge is 0.191 e. The molecule has 26 heavy (non-hydrogen) atoms. The molecule has 0 aliphatic rings. The first-order chi connectivity index (χ1) is 12.6. The monoisotopic (exact) mass is 382 g/mol. The van der Waals surface area contributed by atoms with Crippen molar-refractivity contribution in [1.29, 1.82) is 0 Å². The minimum atomic E-state index is -0.244. The molecule has 3 heterocycles. The molecule has 0 aliphatic heterocycles. The molecule has 1 N–H and O–H groups in total. The van der Waals surface area contributed by atoms with Crippen LogP contribution < -0.4 is 0 Å². The highest BCUT2D eigenvalue weighted by atomic mass is 32.2. The number of aromatic nitrogens is 4. The summed E-state index contributed by atoms with van der Waals surface area (Å²) in [6.45, 7) is 1.92. The molecule has 0 saturated heterocycles. The number of H-pyrrole nitrogens is 1. The van der Waals surface area contributed by atoms with Crippen LogP contribution in [0.1, 0.15) is 28.0 Å². The molecule has 0 fully saturated rings. The first-order valence-electron chi connectivity index (χ1n) is 8.31. The van der Waals surface area contributed by atoms with Crippen molar-refractivity contribution in [3.05, 3.63) is 64.2 Å². The first kappa shape index (κ1) is 17.1. The molecule has 1 atom stereocenters. The molecule has 5 nitrogen and oxygen atoms in total. The maximum Gasteiger partial charge on any atom is 0.191 e. The van der Waals surface area contributed by atoms with Gasteiger partial charge in [-0.25, -0.2) is 0 Å². The normalized spacial score (nSPS) is 12.5. The minimum absolute atomic E-state index is 0.0928. The summed E-state index contributed by atoms with van der Waals surface area (Å²) in [4.78, 5) is 17.3. The molecule has 3 aromatic heterocycles. The Morgan fingerprint density at radius 3 is 2.92 bits per heavy atom. The van der Waals surface area contributed by atoms with E-state index >= 15 is 0 Å². The van der Waals surface area contributed by atoms with Crippen molar-refractivity contribution in [3.63, 3.8) is 0 Å². The number of carbonyl (C=O) groups is 1. The SMILES string of the molecule is C[C@@H](Sc1nnc(Cc2cccs2)n1C)C(=O)c1c[nH]c2ccccc12. The third-order valence-corrected chi connectivity index (χ3v) is 6.35. The van der Waals surface area contributed by atoms with Crippen molar-refractivity contribution in [2.24, 2.45) is 7.05 Å². The lowest BCUT2D eigenvalue weighted by atomic mass is 10.1. The fourth-order valence-electron chi connectivity index (χ4n) is 2.88. The molecule has 0 saturated carbocycles. The van der Waals surface area contributed by atoms with E-state index in [1.165, 1.54) is 16.6 Å². The molecule has 4 rings (SSSR count). The van der Waals surface area contributed by atoms with Gasteiger partial charge < -0.3 is 9.55 Å². The lowest BCUT2D eigenvalue weighted by Crippen LogP contribution is -2.14. The molecule has 0 aliphatic carbocycles. The summed E-state index contributed by atoms with van der Waals surface area (Å²) in [5.74, 6) is 0.997. The number of para-hydroxylation sites is 1. The highest BCUT2D eigenvalue weighted by Gasteiger charge is 2.22. The average Bonchev–Trinajstić information content (AvgIpc) is 3.38. The van der Waals surface area contributed by atoms with Gasteiger partial charge in [-0.15, -0.1) is 21.5 Å². The second-order valence-corrected chi connectivity index (χ2v) is 8.43. The van der Waals surface area contributed by atoms with Gasteiger partial charge in [-0.2, -0.15) is 0 Å². The van der Waals surface area contributed by atoms with Crippen LogP contribution in [0.5, 0.6) is 0 Å². The molecule has 132 valence electrons. The summed E-state index contributed by atoms with van der Waals surface area (Å²) in [6, 6.07) is 12.0. The molecule has 0 spiro atoms. The van der Waals surface area contributed by atoms with E-state index in [-0.39, 0.29) is 11.0 Å². The fraction of sp³-hybridized carbons (Fsp3) is 0.211. The van der Waals surface area contributed by atoms with Gasteiger partial charge in [0, 0.05) is 41.0 Å². The third kappa shape index (κ3) is 3.20. The molecule has 0 radical (unpaired) electrons. The number of thioether (sulfide) groups is 1. The van der Waals surface area contributed by atoms with Gasteiger partial charge in [-0.05, 0) is 24.4 Å². The Bertz CT molecular complexity index is 1050. The van der Waals surface area contributed by atoms with Gasteiger partial charge in [0.05, 0.1) is 5.25 Å². The van der Waals surface area contributed by atoms with Gasteiger partial charge in [0.25, 0.3) is 0 Å². The molecule has 0 unspecified atom stereocenters. The predicted molar refractivity (Wildman–Crippen MR) is 106 cm³/mol. The summed E-state index contributed by atoms with van der Waals surface area (Å²) >= 11 is 3.16. The summed E-state index contributed by atoms with van der Waals surface area (Å²) < 4.78 is 1.98. The van der Waals surface area contributed by atoms with Crippen molar-refractivity contribution in [1.82, 2.24) is 19.7 Å². The summed E-state index contributed by atoms with van der Waals surface area (Å²) in [5, 5.41) is 12.1. The minimum Gasteiger partial charge on any atom is -0.360 e. The molecular formula is C19H18N4OS2. The number of rotatable bonds is 6. The summed E-state index contributed by atoms with van der Waals surface area (Å²) in [7, 11) is 1.95. The molecule has 7 heteroatoms. The number of Topliss-reactive ketones (excluding diaryl/α,β-unsaturated/α-hetero) is 1. The zero-order chi connectivity index (χ0) is 18.1. The number of aromatic amines is 1. The average molecular weight is 383 g/mol. The number of fused-ring (bicyclic) bond motifs is 1. The van der Waals surface area contributed by atoms with Crippen LogP contribution in [0.2, 0.25) is 0 Å². The Labute approximate surface area is 159 Å². The van der Waals surface area contributed by atoms with E-state index in [1.54, 1.807) is 17.5 Å². The lowest BCUT2D eigenvalue weighted by Gasteiger charge is -2.09. The topological polar surface area (TPSA) is 63.6 Å². The zero-order valence-electron chi connectivity index (χ0n) is 14.5. The molecule has 0 bridgehead atoms. The number of thiophene rings is 1. The molecule has 4 aromatic rings. The number of hydrogen-bond acceptors (Lipinski definition) is 5. The molecular weight excluding hydrogens is 364 g/mol.